The first-order chi connectivity index (χ1) is 17.3. The quantitative estimate of drug-likeness (QED) is 0.330. The minimum absolute atomic E-state index is 0. The first kappa shape index (κ1) is 28.2. The highest BCUT2D eigenvalue weighted by Gasteiger charge is 2.42. The summed E-state index contributed by atoms with van der Waals surface area (Å²) in [5.41, 5.74) is 2.78. The molecule has 0 radical (unpaired) electrons. The monoisotopic (exact) mass is 556 g/mol. The first-order valence-corrected chi connectivity index (χ1v) is 15.3. The number of rotatable bonds is 8. The number of likely N-dealkylation sites (N-methyl/N-ethyl adjacent to an activating group) is 1. The second-order valence-corrected chi connectivity index (χ2v) is 13.7. The van der Waals surface area contributed by atoms with Gasteiger partial charge in [-0.1, -0.05) is 73.7 Å². The Hall–Kier alpha value is -1.83. The van der Waals surface area contributed by atoms with Crippen molar-refractivity contribution in [2.45, 2.75) is 46.8 Å². The Morgan fingerprint density at radius 1 is 0.919 bits per heavy atom. The third-order valence-electron chi connectivity index (χ3n) is 8.25. The van der Waals surface area contributed by atoms with E-state index in [2.05, 4.69) is 60.4 Å². The molecule has 5 rings (SSSR count). The van der Waals surface area contributed by atoms with E-state index < -0.39 is 10.0 Å². The topological polar surface area (TPSA) is 40.6 Å². The molecule has 0 aromatic heterocycles. The van der Waals surface area contributed by atoms with Crippen LogP contribution in [0.15, 0.2) is 94.7 Å². The van der Waals surface area contributed by atoms with Crippen LogP contribution in [0.2, 0.25) is 0 Å². The van der Waals surface area contributed by atoms with E-state index in [1.54, 1.807) is 36.9 Å². The molecule has 1 atom stereocenters. The number of hydrogen-bond acceptors (Lipinski definition) is 4. The predicted octanol–water partition coefficient (Wildman–Crippen LogP) is 6.22. The number of fused-ring (bicyclic) bond motifs is 2. The molecule has 3 aromatic carbocycles. The molecular weight excluding hydrogens is 520 g/mol. The van der Waals surface area contributed by atoms with Crippen LogP contribution >= 0.6 is 24.2 Å². The minimum Gasteiger partial charge on any atom is -0.303 e. The van der Waals surface area contributed by atoms with Crippen molar-refractivity contribution in [2.24, 2.45) is 0 Å². The molecule has 0 saturated carbocycles. The molecular formula is C30H37ClN2O2S2. The van der Waals surface area contributed by atoms with Gasteiger partial charge >= 0.3 is 0 Å². The summed E-state index contributed by atoms with van der Waals surface area (Å²) in [6.45, 7) is 5.82. The summed E-state index contributed by atoms with van der Waals surface area (Å²) in [7, 11) is -1.84. The van der Waals surface area contributed by atoms with Gasteiger partial charge in [-0.2, -0.15) is 0 Å². The third kappa shape index (κ3) is 5.79. The van der Waals surface area contributed by atoms with Gasteiger partial charge in [0.2, 0.25) is 10.0 Å². The van der Waals surface area contributed by atoms with E-state index in [4.69, 9.17) is 0 Å². The lowest BCUT2D eigenvalue weighted by molar-refractivity contribution is 0.156. The number of sulfonamides is 1. The van der Waals surface area contributed by atoms with Gasteiger partial charge in [0.05, 0.1) is 4.90 Å². The molecule has 198 valence electrons. The van der Waals surface area contributed by atoms with Crippen molar-refractivity contribution in [1.82, 2.24) is 9.21 Å². The second-order valence-electron chi connectivity index (χ2n) is 10.7. The predicted molar refractivity (Wildman–Crippen MR) is 156 cm³/mol. The maximum absolute atomic E-state index is 13.3. The Balaban J connectivity index is 0.00000320. The van der Waals surface area contributed by atoms with Crippen molar-refractivity contribution in [2.75, 3.05) is 39.0 Å². The molecule has 0 amide bonds. The Morgan fingerprint density at radius 3 is 2.19 bits per heavy atom. The Bertz CT molecular complexity index is 1280. The highest BCUT2D eigenvalue weighted by atomic mass is 35.5. The molecule has 1 unspecified atom stereocenters. The number of hydrogen-bond donors (Lipinski definition) is 0. The van der Waals surface area contributed by atoms with Gasteiger partial charge in [-0.15, -0.1) is 24.2 Å². The summed E-state index contributed by atoms with van der Waals surface area (Å²) in [6.07, 6.45) is 3.30. The van der Waals surface area contributed by atoms with Gasteiger partial charge in [0.1, 0.15) is 0 Å². The Kier molecular flexibility index (Phi) is 8.76. The molecule has 4 nitrogen and oxygen atoms in total. The fraction of sp³-hybridized carbons (Fsp3) is 0.400. The van der Waals surface area contributed by atoms with Crippen LogP contribution in [0.25, 0.3) is 0 Å². The molecule has 0 aliphatic carbocycles. The SMILES string of the molecule is CN(CC(C)(CCN1CCC2(CC1)CSc1ccccc12)c1ccccc1)S(=O)(=O)c1ccccc1.Cl. The lowest BCUT2D eigenvalue weighted by atomic mass is 9.74. The molecule has 1 spiro atoms. The molecule has 7 heteroatoms. The van der Waals surface area contributed by atoms with E-state index in [-0.39, 0.29) is 17.8 Å². The molecule has 37 heavy (non-hydrogen) atoms. The van der Waals surface area contributed by atoms with Crippen LogP contribution in [0.3, 0.4) is 0 Å². The zero-order valence-corrected chi connectivity index (χ0v) is 24.1. The van der Waals surface area contributed by atoms with Crippen molar-refractivity contribution in [3.05, 3.63) is 96.1 Å². The van der Waals surface area contributed by atoms with Crippen LogP contribution in [-0.2, 0) is 20.9 Å². The molecule has 1 fully saturated rings. The van der Waals surface area contributed by atoms with E-state index in [9.17, 15) is 8.42 Å². The Labute approximate surface area is 232 Å². The van der Waals surface area contributed by atoms with Crippen LogP contribution < -0.4 is 0 Å². The van der Waals surface area contributed by atoms with Gasteiger partial charge in [-0.05, 0) is 68.2 Å². The molecule has 0 N–H and O–H groups in total. The van der Waals surface area contributed by atoms with Crippen LogP contribution in [-0.4, -0.2) is 56.6 Å². The average Bonchev–Trinajstić information content (AvgIpc) is 3.27. The van der Waals surface area contributed by atoms with E-state index in [0.717, 1.165) is 26.1 Å². The smallest absolute Gasteiger partial charge is 0.242 e. The number of halogens is 1. The third-order valence-corrected chi connectivity index (χ3v) is 11.4. The molecule has 3 aromatic rings. The van der Waals surface area contributed by atoms with Gasteiger partial charge in [0.15, 0.2) is 0 Å². The highest BCUT2D eigenvalue weighted by Crippen LogP contribution is 2.49. The van der Waals surface area contributed by atoms with Crippen LogP contribution in [0.5, 0.6) is 0 Å². The minimum atomic E-state index is -3.55. The van der Waals surface area contributed by atoms with Crippen LogP contribution in [0, 0.1) is 0 Å². The number of thioether (sulfide) groups is 1. The maximum Gasteiger partial charge on any atom is 0.242 e. The number of piperidine rings is 1. The van der Waals surface area contributed by atoms with E-state index in [1.807, 2.05) is 23.9 Å². The highest BCUT2D eigenvalue weighted by molar-refractivity contribution is 7.99. The van der Waals surface area contributed by atoms with Gasteiger partial charge < -0.3 is 4.90 Å². The summed E-state index contributed by atoms with van der Waals surface area (Å²) < 4.78 is 28.1. The fourth-order valence-electron chi connectivity index (χ4n) is 5.85. The summed E-state index contributed by atoms with van der Waals surface area (Å²) in [5.74, 6) is 1.20. The zero-order chi connectivity index (χ0) is 25.2. The van der Waals surface area contributed by atoms with Crippen molar-refractivity contribution in [3.63, 3.8) is 0 Å². The van der Waals surface area contributed by atoms with Gasteiger partial charge in [0, 0.05) is 35.1 Å². The standard InChI is InChI=1S/C30H36N2O2S2.ClH/c1-29(25-11-5-3-6-12-25,23-31(2)36(33,34)26-13-7-4-8-14-26)17-20-32-21-18-30(19-22-32)24-35-28-16-10-9-15-27(28)30;/h3-16H,17-24H2,1-2H3;1H. The Morgan fingerprint density at radius 2 is 1.51 bits per heavy atom. The van der Waals surface area contributed by atoms with Gasteiger partial charge in [-0.25, -0.2) is 12.7 Å². The summed E-state index contributed by atoms with van der Waals surface area (Å²) in [5, 5.41) is 0. The number of likely N-dealkylation sites (tertiary alicyclic amines) is 1. The van der Waals surface area contributed by atoms with Gasteiger partial charge in [-0.3, -0.25) is 0 Å². The van der Waals surface area contributed by atoms with E-state index in [1.165, 1.54) is 33.4 Å². The molecule has 1 saturated heterocycles. The zero-order valence-electron chi connectivity index (χ0n) is 21.7. The summed E-state index contributed by atoms with van der Waals surface area (Å²) >= 11 is 2.02. The molecule has 2 aliphatic rings. The lowest BCUT2D eigenvalue weighted by Gasteiger charge is -2.41. The molecule has 2 aliphatic heterocycles. The maximum atomic E-state index is 13.3. The van der Waals surface area contributed by atoms with Gasteiger partial charge in [0.25, 0.3) is 0 Å². The normalized spacial score (nSPS) is 18.8. The van der Waals surface area contributed by atoms with E-state index >= 15 is 0 Å². The van der Waals surface area contributed by atoms with Crippen LogP contribution in [0.4, 0.5) is 0 Å². The first-order valence-electron chi connectivity index (χ1n) is 12.8. The molecule has 0 bridgehead atoms. The van der Waals surface area contributed by atoms with Crippen molar-refractivity contribution in [3.8, 4) is 0 Å². The summed E-state index contributed by atoms with van der Waals surface area (Å²) in [4.78, 5) is 4.40. The lowest BCUT2D eigenvalue weighted by Crippen LogP contribution is -2.46. The van der Waals surface area contributed by atoms with E-state index in [0.29, 0.717) is 16.9 Å². The largest absolute Gasteiger partial charge is 0.303 e. The van der Waals surface area contributed by atoms with Crippen molar-refractivity contribution in [1.29, 1.82) is 0 Å². The average molecular weight is 557 g/mol. The fourth-order valence-corrected chi connectivity index (χ4v) is 8.66. The summed E-state index contributed by atoms with van der Waals surface area (Å²) in [6, 6.07) is 28.1. The number of nitrogens with zero attached hydrogens (tertiary/aromatic N) is 2. The van der Waals surface area contributed by atoms with Crippen molar-refractivity contribution >= 4 is 34.2 Å². The number of benzene rings is 3. The molecule has 2 heterocycles. The van der Waals surface area contributed by atoms with Crippen molar-refractivity contribution < 1.29 is 8.42 Å². The van der Waals surface area contributed by atoms with Crippen LogP contribution in [0.1, 0.15) is 37.3 Å². The second kappa shape index (κ2) is 11.5.